The number of carbonyl (C=O) groups is 2. The highest BCUT2D eigenvalue weighted by Crippen LogP contribution is 2.38. The number of morpholine rings is 1. The first-order chi connectivity index (χ1) is 23.2. The summed E-state index contributed by atoms with van der Waals surface area (Å²) in [6, 6.07) is 15.3. The number of benzene rings is 3. The fraction of sp³-hybridized carbons (Fsp3) is 0.444. The Morgan fingerprint density at radius 3 is 2.52 bits per heavy atom. The lowest BCUT2D eigenvalue weighted by molar-refractivity contribution is -0.145. The van der Waals surface area contributed by atoms with Crippen molar-refractivity contribution in [1.29, 1.82) is 0 Å². The van der Waals surface area contributed by atoms with Crippen LogP contribution in [0.1, 0.15) is 42.9 Å². The van der Waals surface area contributed by atoms with Gasteiger partial charge in [0.15, 0.2) is 11.5 Å². The second kappa shape index (κ2) is 16.9. The third kappa shape index (κ3) is 9.31. The zero-order valence-corrected chi connectivity index (χ0v) is 28.1. The highest BCUT2D eigenvalue weighted by atomic mass is 35.5. The molecule has 0 spiro atoms. The molecule has 1 unspecified atom stereocenters. The topological polar surface area (TPSA) is 136 Å². The van der Waals surface area contributed by atoms with Gasteiger partial charge in [0.05, 0.1) is 11.6 Å². The minimum absolute atomic E-state index is 0.0793. The van der Waals surface area contributed by atoms with Crippen LogP contribution in [0.4, 0.5) is 0 Å². The van der Waals surface area contributed by atoms with Crippen LogP contribution in [0.2, 0.25) is 5.02 Å². The lowest BCUT2D eigenvalue weighted by atomic mass is 9.96. The summed E-state index contributed by atoms with van der Waals surface area (Å²) in [7, 11) is 0. The number of carboxylic acid groups (broad SMARTS) is 2. The summed E-state index contributed by atoms with van der Waals surface area (Å²) >= 11 is 6.79. The van der Waals surface area contributed by atoms with Crippen molar-refractivity contribution < 1.29 is 43.5 Å². The van der Waals surface area contributed by atoms with E-state index in [2.05, 4.69) is 18.3 Å². The molecule has 258 valence electrons. The summed E-state index contributed by atoms with van der Waals surface area (Å²) in [5.41, 5.74) is 5.09. The zero-order valence-electron chi connectivity index (χ0n) is 27.3. The van der Waals surface area contributed by atoms with Crippen molar-refractivity contribution in [2.45, 2.75) is 58.4 Å². The fourth-order valence-corrected chi connectivity index (χ4v) is 6.29. The van der Waals surface area contributed by atoms with Gasteiger partial charge in [-0.25, -0.2) is 0 Å². The van der Waals surface area contributed by atoms with Gasteiger partial charge in [0.25, 0.3) is 5.97 Å². The van der Waals surface area contributed by atoms with Crippen LogP contribution in [-0.2, 0) is 27.5 Å². The first-order valence-electron chi connectivity index (χ1n) is 16.2. The number of rotatable bonds is 10. The molecule has 2 atom stereocenters. The van der Waals surface area contributed by atoms with Crippen LogP contribution >= 0.6 is 11.6 Å². The Morgan fingerprint density at radius 2 is 1.77 bits per heavy atom. The molecule has 0 bridgehead atoms. The summed E-state index contributed by atoms with van der Waals surface area (Å²) in [5, 5.41) is 21.0. The van der Waals surface area contributed by atoms with Gasteiger partial charge in [-0.2, -0.15) is 0 Å². The third-order valence-electron chi connectivity index (χ3n) is 8.50. The van der Waals surface area contributed by atoms with Gasteiger partial charge in [-0.05, 0) is 66.8 Å². The number of piperidine rings is 1. The lowest BCUT2D eigenvalue weighted by Crippen LogP contribution is -2.44. The Bertz CT molecular complexity index is 1570. The van der Waals surface area contributed by atoms with E-state index in [1.54, 1.807) is 0 Å². The van der Waals surface area contributed by atoms with E-state index in [1.165, 1.54) is 0 Å². The number of nitrogens with zero attached hydrogens (tertiary/aromatic N) is 1. The number of fused-ring (bicyclic) bond motifs is 1. The van der Waals surface area contributed by atoms with Crippen molar-refractivity contribution in [1.82, 2.24) is 10.2 Å². The van der Waals surface area contributed by atoms with Gasteiger partial charge in [-0.15, -0.1) is 0 Å². The van der Waals surface area contributed by atoms with E-state index < -0.39 is 18.0 Å². The molecule has 3 aromatic rings. The number of likely N-dealkylation sites (tertiary alicyclic amines) is 1. The Kier molecular flexibility index (Phi) is 12.4. The molecule has 3 aliphatic rings. The monoisotopic (exact) mass is 682 g/mol. The molecule has 2 fully saturated rings. The van der Waals surface area contributed by atoms with Crippen molar-refractivity contribution in [2.75, 3.05) is 46.1 Å². The summed E-state index contributed by atoms with van der Waals surface area (Å²) in [4.78, 5) is 23.0. The number of hydrogen-bond acceptors (Lipinski definition) is 9. The molecule has 3 heterocycles. The van der Waals surface area contributed by atoms with Crippen molar-refractivity contribution in [2.24, 2.45) is 0 Å². The normalized spacial score (nSPS) is 19.1. The maximum atomic E-state index is 12.0. The largest absolute Gasteiger partial charge is 0.490 e. The van der Waals surface area contributed by atoms with Gasteiger partial charge in [-0.3, -0.25) is 14.5 Å². The molecule has 0 amide bonds. The summed E-state index contributed by atoms with van der Waals surface area (Å²) in [6.45, 7) is 8.23. The van der Waals surface area contributed by atoms with Crippen molar-refractivity contribution in [3.05, 3.63) is 70.2 Å². The summed E-state index contributed by atoms with van der Waals surface area (Å²) in [5.74, 6) is 1.01. The summed E-state index contributed by atoms with van der Waals surface area (Å²) in [6.07, 6.45) is 2.42. The predicted molar refractivity (Wildman–Crippen MR) is 180 cm³/mol. The Morgan fingerprint density at radius 1 is 0.979 bits per heavy atom. The molecule has 3 aromatic carbocycles. The molecule has 6 rings (SSSR count). The van der Waals surface area contributed by atoms with Gasteiger partial charge in [-0.1, -0.05) is 42.3 Å². The smallest absolute Gasteiger partial charge is 0.320 e. The number of halogens is 1. The molecule has 0 aromatic heterocycles. The van der Waals surface area contributed by atoms with Gasteiger partial charge < -0.3 is 39.2 Å². The number of ether oxygens (including phenoxy) is 5. The number of nitrogens with one attached hydrogen (secondary N) is 1. The zero-order chi connectivity index (χ0) is 34.0. The molecule has 3 N–H and O–H groups in total. The highest BCUT2D eigenvalue weighted by Gasteiger charge is 2.29. The van der Waals surface area contributed by atoms with E-state index in [9.17, 15) is 9.90 Å². The molecule has 11 nitrogen and oxygen atoms in total. The minimum atomic E-state index is -0.833. The molecule has 12 heteroatoms. The molecule has 0 aliphatic carbocycles. The third-order valence-corrected chi connectivity index (χ3v) is 8.79. The molecule has 2 saturated heterocycles. The average Bonchev–Trinajstić information content (AvgIpc) is 3.08. The van der Waals surface area contributed by atoms with Crippen LogP contribution in [0.3, 0.4) is 0 Å². The second-order valence-electron chi connectivity index (χ2n) is 12.0. The van der Waals surface area contributed by atoms with Gasteiger partial charge in [0.1, 0.15) is 50.1 Å². The Labute approximate surface area is 285 Å². The van der Waals surface area contributed by atoms with E-state index >= 15 is 0 Å². The molecule has 0 saturated carbocycles. The Hall–Kier alpha value is -4.03. The Balaban J connectivity index is 0.00000107. The highest BCUT2D eigenvalue weighted by molar-refractivity contribution is 6.32. The fourth-order valence-electron chi connectivity index (χ4n) is 6.05. The van der Waals surface area contributed by atoms with E-state index in [0.717, 1.165) is 65.6 Å². The maximum absolute atomic E-state index is 12.0. The van der Waals surface area contributed by atoms with Crippen molar-refractivity contribution >= 4 is 23.5 Å². The molecular formula is C36H43ClN2O9. The van der Waals surface area contributed by atoms with Crippen LogP contribution in [0, 0.1) is 6.92 Å². The van der Waals surface area contributed by atoms with Gasteiger partial charge in [0.2, 0.25) is 0 Å². The predicted octanol–water partition coefficient (Wildman–Crippen LogP) is 5.56. The van der Waals surface area contributed by atoms with E-state index in [4.69, 9.17) is 45.2 Å². The van der Waals surface area contributed by atoms with E-state index in [1.807, 2.05) is 47.4 Å². The van der Waals surface area contributed by atoms with Crippen LogP contribution in [0.15, 0.2) is 48.5 Å². The first-order valence-corrected chi connectivity index (χ1v) is 16.6. The van der Waals surface area contributed by atoms with E-state index in [-0.39, 0.29) is 6.10 Å². The van der Waals surface area contributed by atoms with Gasteiger partial charge in [0, 0.05) is 38.2 Å². The molecular weight excluding hydrogens is 640 g/mol. The summed E-state index contributed by atoms with van der Waals surface area (Å²) < 4.78 is 30.0. The second-order valence-corrected chi connectivity index (χ2v) is 12.4. The quantitative estimate of drug-likeness (QED) is 0.248. The number of carboxylic acids is 2. The minimum Gasteiger partial charge on any atom is -0.490 e. The number of aliphatic carboxylic acids is 2. The first kappa shape index (κ1) is 35.3. The molecule has 48 heavy (non-hydrogen) atoms. The molecule has 3 aliphatic heterocycles. The van der Waals surface area contributed by atoms with Crippen LogP contribution in [-0.4, -0.2) is 85.3 Å². The van der Waals surface area contributed by atoms with Gasteiger partial charge >= 0.3 is 5.97 Å². The molecule has 0 radical (unpaired) electrons. The number of hydrogen-bond donors (Lipinski definition) is 3. The van der Waals surface area contributed by atoms with Crippen molar-refractivity contribution in [3.8, 4) is 34.1 Å². The van der Waals surface area contributed by atoms with Crippen molar-refractivity contribution in [3.63, 3.8) is 0 Å². The average molecular weight is 683 g/mol. The maximum Gasteiger partial charge on any atom is 0.320 e. The van der Waals surface area contributed by atoms with Crippen LogP contribution in [0.25, 0.3) is 11.1 Å². The SMILES string of the molecule is CC(=O)O.Cc1c(COc2cc(OCC3CNCCO3)c(CN3CCCC[C@H]3C(=O)O)cc2Cl)cccc1-c1ccc2c(c1)OCCO2. The van der Waals surface area contributed by atoms with Crippen LogP contribution in [0.5, 0.6) is 23.0 Å². The van der Waals surface area contributed by atoms with Crippen LogP contribution < -0.4 is 24.3 Å². The lowest BCUT2D eigenvalue weighted by Gasteiger charge is -2.33. The van der Waals surface area contributed by atoms with E-state index in [0.29, 0.717) is 75.6 Å². The standard InChI is InChI=1S/C34H39ClN2O7.C2H4O2/c1-22-24(5-4-6-27(22)23-8-9-30-33(16-23)42-14-13-41-30)20-43-32-17-31(44-21-26-18-36-10-12-40-26)25(15-28(32)35)19-37-11-3-2-7-29(37)34(38)39;1-2(3)4/h4-6,8-9,15-17,26,29,36H,2-3,7,10-14,18-21H2,1H3,(H,38,39);1H3,(H,3,4)/t26?,29-;/m0./s1.